The predicted molar refractivity (Wildman–Crippen MR) is 84.3 cm³/mol. The van der Waals surface area contributed by atoms with Gasteiger partial charge in [0.25, 0.3) is 0 Å². The molecule has 1 aromatic carbocycles. The Morgan fingerprint density at radius 3 is 2.39 bits per heavy atom. The molecule has 0 saturated heterocycles. The standard InChI is InChI=1S/C17H16N2O4/c1-10-11(2)19-16(12(3)18-10)17(22)23-14-7-5-4-6-13(14)8-9-15(20)21/h4-9H,1-3H3,(H,20,21)/b9-8+. The van der Waals surface area contributed by atoms with E-state index in [0.29, 0.717) is 17.0 Å². The van der Waals surface area contributed by atoms with E-state index in [2.05, 4.69) is 9.97 Å². The summed E-state index contributed by atoms with van der Waals surface area (Å²) in [6, 6.07) is 6.66. The number of carbonyl (C=O) groups is 2. The number of ether oxygens (including phenoxy) is 1. The lowest BCUT2D eigenvalue weighted by atomic mass is 10.2. The van der Waals surface area contributed by atoms with Gasteiger partial charge >= 0.3 is 11.9 Å². The molecule has 0 aliphatic rings. The number of rotatable bonds is 4. The lowest BCUT2D eigenvalue weighted by Gasteiger charge is -2.09. The van der Waals surface area contributed by atoms with E-state index in [1.54, 1.807) is 38.1 Å². The first-order valence-corrected chi connectivity index (χ1v) is 6.92. The maximum Gasteiger partial charge on any atom is 0.364 e. The number of hydrogen-bond donors (Lipinski definition) is 1. The van der Waals surface area contributed by atoms with Crippen LogP contribution in [0.5, 0.6) is 5.75 Å². The minimum Gasteiger partial charge on any atom is -0.478 e. The van der Waals surface area contributed by atoms with Crippen LogP contribution in [0.3, 0.4) is 0 Å². The van der Waals surface area contributed by atoms with Crippen LogP contribution in [0, 0.1) is 20.8 Å². The molecule has 1 N–H and O–H groups in total. The van der Waals surface area contributed by atoms with Crippen LogP contribution >= 0.6 is 0 Å². The molecule has 23 heavy (non-hydrogen) atoms. The molecular formula is C17H16N2O4. The number of carbonyl (C=O) groups excluding carboxylic acids is 1. The van der Waals surface area contributed by atoms with Gasteiger partial charge in [-0.05, 0) is 32.9 Å². The maximum absolute atomic E-state index is 12.3. The molecule has 0 aliphatic heterocycles. The van der Waals surface area contributed by atoms with Gasteiger partial charge in [0.1, 0.15) is 5.75 Å². The van der Waals surface area contributed by atoms with Gasteiger partial charge < -0.3 is 9.84 Å². The second kappa shape index (κ2) is 6.83. The van der Waals surface area contributed by atoms with Crippen LogP contribution in [0.4, 0.5) is 0 Å². The Balaban J connectivity index is 2.31. The van der Waals surface area contributed by atoms with Crippen molar-refractivity contribution in [3.63, 3.8) is 0 Å². The molecule has 1 aromatic heterocycles. The molecule has 0 unspecified atom stereocenters. The van der Waals surface area contributed by atoms with Crippen LogP contribution in [0.2, 0.25) is 0 Å². The highest BCUT2D eigenvalue weighted by Gasteiger charge is 2.17. The normalized spacial score (nSPS) is 10.7. The quantitative estimate of drug-likeness (QED) is 0.530. The summed E-state index contributed by atoms with van der Waals surface area (Å²) in [7, 11) is 0. The van der Waals surface area contributed by atoms with Gasteiger partial charge in [-0.15, -0.1) is 0 Å². The number of benzene rings is 1. The maximum atomic E-state index is 12.3. The van der Waals surface area contributed by atoms with Crippen LogP contribution in [-0.4, -0.2) is 27.0 Å². The molecule has 2 rings (SSSR count). The molecule has 0 fully saturated rings. The Kier molecular flexibility index (Phi) is 4.85. The lowest BCUT2D eigenvalue weighted by Crippen LogP contribution is -2.15. The van der Waals surface area contributed by atoms with Gasteiger partial charge in [-0.1, -0.05) is 18.2 Å². The number of hydrogen-bond acceptors (Lipinski definition) is 5. The van der Waals surface area contributed by atoms with Crippen molar-refractivity contribution in [3.05, 3.63) is 58.7 Å². The Hall–Kier alpha value is -3.02. The van der Waals surface area contributed by atoms with Crippen molar-refractivity contribution in [2.75, 3.05) is 0 Å². The summed E-state index contributed by atoms with van der Waals surface area (Å²) < 4.78 is 5.35. The van der Waals surface area contributed by atoms with E-state index in [1.165, 1.54) is 6.08 Å². The first-order valence-electron chi connectivity index (χ1n) is 6.92. The Morgan fingerprint density at radius 1 is 1.04 bits per heavy atom. The topological polar surface area (TPSA) is 89.4 Å². The second-order valence-electron chi connectivity index (χ2n) is 4.93. The third kappa shape index (κ3) is 4.00. The molecular weight excluding hydrogens is 296 g/mol. The van der Waals surface area contributed by atoms with Crippen molar-refractivity contribution in [1.29, 1.82) is 0 Å². The summed E-state index contributed by atoms with van der Waals surface area (Å²) in [5.74, 6) is -1.45. The zero-order valence-electron chi connectivity index (χ0n) is 13.0. The highest BCUT2D eigenvalue weighted by atomic mass is 16.5. The fourth-order valence-corrected chi connectivity index (χ4v) is 1.93. The summed E-state index contributed by atoms with van der Waals surface area (Å²) in [5, 5.41) is 8.71. The van der Waals surface area contributed by atoms with E-state index in [1.807, 2.05) is 6.92 Å². The molecule has 6 heteroatoms. The number of aryl methyl sites for hydroxylation is 3. The Labute approximate surface area is 133 Å². The molecule has 1 heterocycles. The SMILES string of the molecule is Cc1nc(C)c(C(=O)Oc2ccccc2/C=C/C(=O)O)nc1C. The smallest absolute Gasteiger partial charge is 0.364 e. The van der Waals surface area contributed by atoms with E-state index >= 15 is 0 Å². The molecule has 0 aliphatic carbocycles. The van der Waals surface area contributed by atoms with Gasteiger partial charge in [0.15, 0.2) is 5.69 Å². The summed E-state index contributed by atoms with van der Waals surface area (Å²) in [4.78, 5) is 31.4. The molecule has 0 radical (unpaired) electrons. The number of esters is 1. The molecule has 0 saturated carbocycles. The third-order valence-corrected chi connectivity index (χ3v) is 3.20. The summed E-state index contributed by atoms with van der Waals surface area (Å²) in [5.41, 5.74) is 2.52. The summed E-state index contributed by atoms with van der Waals surface area (Å²) in [6.45, 7) is 5.27. The predicted octanol–water partition coefficient (Wildman–Crippen LogP) is 2.72. The average molecular weight is 312 g/mol. The van der Waals surface area contributed by atoms with E-state index in [-0.39, 0.29) is 11.4 Å². The number of para-hydroxylation sites is 1. The summed E-state index contributed by atoms with van der Waals surface area (Å²) in [6.07, 6.45) is 2.34. The van der Waals surface area contributed by atoms with E-state index in [0.717, 1.165) is 11.8 Å². The molecule has 6 nitrogen and oxygen atoms in total. The van der Waals surface area contributed by atoms with E-state index in [4.69, 9.17) is 9.84 Å². The van der Waals surface area contributed by atoms with Crippen molar-refractivity contribution in [1.82, 2.24) is 9.97 Å². The van der Waals surface area contributed by atoms with Crippen LogP contribution in [0.1, 0.15) is 33.1 Å². The van der Waals surface area contributed by atoms with Crippen molar-refractivity contribution >= 4 is 18.0 Å². The largest absolute Gasteiger partial charge is 0.478 e. The van der Waals surface area contributed by atoms with E-state index < -0.39 is 11.9 Å². The Morgan fingerprint density at radius 2 is 1.70 bits per heavy atom. The van der Waals surface area contributed by atoms with Crippen molar-refractivity contribution < 1.29 is 19.4 Å². The van der Waals surface area contributed by atoms with Crippen molar-refractivity contribution in [2.45, 2.75) is 20.8 Å². The fraction of sp³-hybridized carbons (Fsp3) is 0.176. The number of carboxylic acid groups (broad SMARTS) is 1. The second-order valence-corrected chi connectivity index (χ2v) is 4.93. The highest BCUT2D eigenvalue weighted by molar-refractivity contribution is 5.91. The monoisotopic (exact) mass is 312 g/mol. The first kappa shape index (κ1) is 16.4. The molecule has 0 bridgehead atoms. The third-order valence-electron chi connectivity index (χ3n) is 3.20. The van der Waals surface area contributed by atoms with Crippen LogP contribution in [-0.2, 0) is 4.79 Å². The van der Waals surface area contributed by atoms with E-state index in [9.17, 15) is 9.59 Å². The molecule has 0 spiro atoms. The number of nitrogens with zero attached hydrogens (tertiary/aromatic N) is 2. The van der Waals surface area contributed by atoms with Crippen LogP contribution < -0.4 is 4.74 Å². The number of aliphatic carboxylic acids is 1. The van der Waals surface area contributed by atoms with Gasteiger partial charge in [0.2, 0.25) is 0 Å². The summed E-state index contributed by atoms with van der Waals surface area (Å²) >= 11 is 0. The highest BCUT2D eigenvalue weighted by Crippen LogP contribution is 2.21. The fourth-order valence-electron chi connectivity index (χ4n) is 1.93. The van der Waals surface area contributed by atoms with Crippen molar-refractivity contribution in [3.8, 4) is 5.75 Å². The van der Waals surface area contributed by atoms with Gasteiger partial charge in [-0.3, -0.25) is 4.98 Å². The number of carboxylic acids is 1. The van der Waals surface area contributed by atoms with Gasteiger partial charge in [-0.25, -0.2) is 14.6 Å². The minimum atomic E-state index is -1.08. The van der Waals surface area contributed by atoms with Crippen LogP contribution in [0.25, 0.3) is 6.08 Å². The lowest BCUT2D eigenvalue weighted by molar-refractivity contribution is -0.131. The Bertz CT molecular complexity index is 797. The van der Waals surface area contributed by atoms with Gasteiger partial charge in [-0.2, -0.15) is 0 Å². The zero-order chi connectivity index (χ0) is 17.0. The molecule has 0 atom stereocenters. The molecule has 118 valence electrons. The van der Waals surface area contributed by atoms with Gasteiger partial charge in [0.05, 0.1) is 17.1 Å². The van der Waals surface area contributed by atoms with Gasteiger partial charge in [0, 0.05) is 11.6 Å². The van der Waals surface area contributed by atoms with Crippen LogP contribution in [0.15, 0.2) is 30.3 Å². The zero-order valence-corrected chi connectivity index (χ0v) is 13.0. The average Bonchev–Trinajstić information content (AvgIpc) is 2.49. The number of aromatic nitrogens is 2. The first-order chi connectivity index (χ1) is 10.9. The van der Waals surface area contributed by atoms with Crippen molar-refractivity contribution in [2.24, 2.45) is 0 Å². The molecule has 2 aromatic rings. The minimum absolute atomic E-state index is 0.144. The molecule has 0 amide bonds.